The second kappa shape index (κ2) is 13.6. The smallest absolute Gasteiger partial charge is 0.144 e. The molecule has 0 radical (unpaired) electrons. The van der Waals surface area contributed by atoms with Crippen LogP contribution in [0.25, 0.3) is 0 Å². The van der Waals surface area contributed by atoms with E-state index in [0.717, 1.165) is 78.5 Å². The van der Waals surface area contributed by atoms with Crippen LogP contribution in [-0.2, 0) is 0 Å². The molecule has 2 aliphatic rings. The summed E-state index contributed by atoms with van der Waals surface area (Å²) in [5, 5.41) is 0. The van der Waals surface area contributed by atoms with Gasteiger partial charge in [-0.25, -0.2) is 0 Å². The van der Waals surface area contributed by atoms with E-state index in [-0.39, 0.29) is 0 Å². The Bertz CT molecular complexity index is 913. The first-order chi connectivity index (χ1) is 18.0. The highest BCUT2D eigenvalue weighted by molar-refractivity contribution is 5.60. The highest BCUT2D eigenvalue weighted by Crippen LogP contribution is 2.25. The molecule has 4 rings (SSSR count). The van der Waals surface area contributed by atoms with Crippen molar-refractivity contribution in [3.05, 3.63) is 36.4 Å². The van der Waals surface area contributed by atoms with Gasteiger partial charge in [-0.2, -0.15) is 0 Å². The Balaban J connectivity index is 1.02. The summed E-state index contributed by atoms with van der Waals surface area (Å²) in [6.45, 7) is 12.3. The molecular formula is C27H44N8O2. The van der Waals surface area contributed by atoms with Crippen LogP contribution in [0.2, 0.25) is 0 Å². The lowest BCUT2D eigenvalue weighted by Gasteiger charge is -2.21. The van der Waals surface area contributed by atoms with Crippen LogP contribution in [0.4, 0.5) is 22.7 Å². The third kappa shape index (κ3) is 8.57. The topological polar surface area (TPSA) is 135 Å². The third-order valence-corrected chi connectivity index (χ3v) is 7.04. The fourth-order valence-electron chi connectivity index (χ4n) is 4.95. The molecule has 37 heavy (non-hydrogen) atoms. The first-order valence-corrected chi connectivity index (χ1v) is 13.4. The number of benzene rings is 2. The summed E-state index contributed by atoms with van der Waals surface area (Å²) >= 11 is 0. The lowest BCUT2D eigenvalue weighted by atomic mass is 10.2. The average Bonchev–Trinajstić information content (AvgIpc) is 3.53. The van der Waals surface area contributed by atoms with Crippen LogP contribution in [0.1, 0.15) is 19.3 Å². The van der Waals surface area contributed by atoms with E-state index in [1.54, 1.807) is 36.4 Å². The van der Waals surface area contributed by atoms with Crippen molar-refractivity contribution in [2.45, 2.75) is 19.3 Å². The van der Waals surface area contributed by atoms with Crippen molar-refractivity contribution in [2.75, 3.05) is 102 Å². The average molecular weight is 513 g/mol. The van der Waals surface area contributed by atoms with E-state index in [0.29, 0.717) is 47.5 Å². The summed E-state index contributed by atoms with van der Waals surface area (Å²) in [7, 11) is 0. The number of hydrogen-bond acceptors (Lipinski definition) is 10. The van der Waals surface area contributed by atoms with Gasteiger partial charge in [-0.15, -0.1) is 0 Å². The van der Waals surface area contributed by atoms with Gasteiger partial charge < -0.3 is 32.4 Å². The van der Waals surface area contributed by atoms with Gasteiger partial charge in [-0.05, 0) is 43.5 Å². The van der Waals surface area contributed by atoms with Gasteiger partial charge in [-0.1, -0.05) is 0 Å². The van der Waals surface area contributed by atoms with Gasteiger partial charge in [-0.3, -0.25) is 19.6 Å². The number of rotatable bonds is 14. The maximum Gasteiger partial charge on any atom is 0.144 e. The summed E-state index contributed by atoms with van der Waals surface area (Å²) in [5.74, 6) is 1.36. The molecule has 0 aromatic heterocycles. The van der Waals surface area contributed by atoms with Gasteiger partial charge in [0.05, 0.1) is 37.9 Å². The predicted octanol–water partition coefficient (Wildman–Crippen LogP) is 1.79. The summed E-state index contributed by atoms with van der Waals surface area (Å²) in [6, 6.07) is 10.7. The molecule has 0 unspecified atom stereocenters. The van der Waals surface area contributed by atoms with Crippen LogP contribution >= 0.6 is 0 Å². The Kier molecular flexibility index (Phi) is 9.95. The molecule has 2 aromatic carbocycles. The monoisotopic (exact) mass is 512 g/mol. The summed E-state index contributed by atoms with van der Waals surface area (Å²) in [4.78, 5) is 10.1. The van der Waals surface area contributed by atoms with E-state index in [4.69, 9.17) is 32.4 Å². The van der Waals surface area contributed by atoms with Gasteiger partial charge >= 0.3 is 0 Å². The Morgan fingerprint density at radius 1 is 0.541 bits per heavy atom. The molecule has 204 valence electrons. The fourth-order valence-corrected chi connectivity index (χ4v) is 4.95. The van der Waals surface area contributed by atoms with Crippen LogP contribution in [0.3, 0.4) is 0 Å². The van der Waals surface area contributed by atoms with Gasteiger partial charge in [0.25, 0.3) is 0 Å². The van der Waals surface area contributed by atoms with E-state index >= 15 is 0 Å². The second-order valence-corrected chi connectivity index (χ2v) is 10.1. The van der Waals surface area contributed by atoms with E-state index in [1.807, 2.05) is 0 Å². The second-order valence-electron chi connectivity index (χ2n) is 10.1. The quantitative estimate of drug-likeness (QED) is 0.219. The highest BCUT2D eigenvalue weighted by Gasteiger charge is 2.21. The molecule has 0 amide bonds. The molecule has 0 aliphatic carbocycles. The van der Waals surface area contributed by atoms with Crippen LogP contribution < -0.4 is 32.4 Å². The fraction of sp³-hybridized carbons (Fsp3) is 0.556. The van der Waals surface area contributed by atoms with Crippen LogP contribution in [0.15, 0.2) is 36.4 Å². The minimum absolute atomic E-state index is 0.635. The highest BCUT2D eigenvalue weighted by atomic mass is 16.5. The maximum atomic E-state index is 5.95. The normalized spacial score (nSPS) is 17.5. The van der Waals surface area contributed by atoms with E-state index in [2.05, 4.69) is 19.6 Å². The molecular weight excluding hydrogens is 468 g/mol. The molecule has 2 aromatic rings. The van der Waals surface area contributed by atoms with Crippen molar-refractivity contribution in [3.63, 3.8) is 0 Å². The molecule has 2 aliphatic heterocycles. The van der Waals surface area contributed by atoms with Crippen molar-refractivity contribution in [1.82, 2.24) is 19.6 Å². The van der Waals surface area contributed by atoms with Crippen LogP contribution in [-0.4, -0.2) is 98.5 Å². The lowest BCUT2D eigenvalue weighted by molar-refractivity contribution is 0.202. The Morgan fingerprint density at radius 2 is 0.919 bits per heavy atom. The summed E-state index contributed by atoms with van der Waals surface area (Å²) < 4.78 is 11.6. The van der Waals surface area contributed by atoms with Gasteiger partial charge in [0.1, 0.15) is 11.5 Å². The van der Waals surface area contributed by atoms with Crippen molar-refractivity contribution in [1.29, 1.82) is 0 Å². The molecule has 8 N–H and O–H groups in total. The van der Waals surface area contributed by atoms with Crippen molar-refractivity contribution < 1.29 is 9.47 Å². The molecule has 2 heterocycles. The van der Waals surface area contributed by atoms with E-state index in [1.165, 1.54) is 6.42 Å². The molecule has 10 heteroatoms. The number of nitrogens with two attached hydrogens (primary N) is 4. The number of ether oxygens (including phenoxy) is 2. The van der Waals surface area contributed by atoms with Gasteiger partial charge in [0.15, 0.2) is 0 Å². The molecule has 2 fully saturated rings. The molecule has 10 nitrogen and oxygen atoms in total. The number of nitrogens with zero attached hydrogens (tertiary/aromatic N) is 4. The SMILES string of the molecule is Nc1ccc(N)c(OCCCN2CCN(CCCN3CCN(CCCOc4cc(N)ccc4N)C3)C2)c1. The number of nitrogen functional groups attached to an aromatic ring is 4. The first kappa shape index (κ1) is 27.1. The molecule has 0 spiro atoms. The maximum absolute atomic E-state index is 5.95. The predicted molar refractivity (Wildman–Crippen MR) is 151 cm³/mol. The van der Waals surface area contributed by atoms with Crippen LogP contribution in [0.5, 0.6) is 11.5 Å². The third-order valence-electron chi connectivity index (χ3n) is 7.04. The standard InChI is InChI=1S/C27H44N8O2/c28-22-4-6-24(30)26(18-22)36-16-2-10-34-14-12-32(20-34)8-1-9-33-13-15-35(21-33)11-3-17-37-27-19-23(29)5-7-25(27)31/h4-7,18-19H,1-3,8-17,20-21,28-31H2. The van der Waals surface area contributed by atoms with Gasteiger partial charge in [0, 0.05) is 75.9 Å². The Labute approximate surface area is 221 Å². The lowest BCUT2D eigenvalue weighted by Crippen LogP contribution is -2.31. The summed E-state index contributed by atoms with van der Waals surface area (Å²) in [5.41, 5.74) is 26.2. The molecule has 2 saturated heterocycles. The van der Waals surface area contributed by atoms with Crippen molar-refractivity contribution >= 4 is 22.7 Å². The van der Waals surface area contributed by atoms with E-state index in [9.17, 15) is 0 Å². The zero-order valence-corrected chi connectivity index (χ0v) is 22.0. The number of anilines is 4. The van der Waals surface area contributed by atoms with Crippen molar-refractivity contribution in [3.8, 4) is 11.5 Å². The minimum atomic E-state index is 0.635. The largest absolute Gasteiger partial charge is 0.491 e. The van der Waals surface area contributed by atoms with Crippen LogP contribution in [0, 0.1) is 0 Å². The van der Waals surface area contributed by atoms with Gasteiger partial charge in [0.2, 0.25) is 0 Å². The Hall–Kier alpha value is -2.92. The minimum Gasteiger partial charge on any atom is -0.491 e. The summed E-state index contributed by atoms with van der Waals surface area (Å²) in [6.07, 6.45) is 3.16. The zero-order chi connectivity index (χ0) is 26.0. The molecule has 0 atom stereocenters. The van der Waals surface area contributed by atoms with Crippen molar-refractivity contribution in [2.24, 2.45) is 0 Å². The molecule has 0 bridgehead atoms. The first-order valence-electron chi connectivity index (χ1n) is 13.4. The molecule has 0 saturated carbocycles. The zero-order valence-electron chi connectivity index (χ0n) is 22.0. The number of hydrogen-bond donors (Lipinski definition) is 4. The van der Waals surface area contributed by atoms with E-state index < -0.39 is 0 Å². The Morgan fingerprint density at radius 3 is 1.32 bits per heavy atom.